The summed E-state index contributed by atoms with van der Waals surface area (Å²) in [5.41, 5.74) is 5.76. The van der Waals surface area contributed by atoms with E-state index in [2.05, 4.69) is 10.6 Å². The SMILES string of the molecule is COC(=O)C(Cc1ccccc1)NC(=O)C(C)C(OC)C1CCCN1C(=O)CC(OC)C(C1CCCC1)N(C)C(=O)C(NC(=O)C(C)(C)N)C(C)C. The number of hydrogen-bond acceptors (Lipinski definition) is 9. The first-order valence-electron chi connectivity index (χ1n) is 18.7. The zero-order chi connectivity index (χ0) is 38.7. The molecule has 3 rings (SSSR count). The van der Waals surface area contributed by atoms with Crippen LogP contribution in [0.2, 0.25) is 0 Å². The number of benzene rings is 1. The molecular formula is C39H63N5O8. The molecule has 7 unspecified atom stereocenters. The highest BCUT2D eigenvalue weighted by Crippen LogP contribution is 2.35. The summed E-state index contributed by atoms with van der Waals surface area (Å²) in [6.45, 7) is 9.18. The number of nitrogens with zero attached hydrogens (tertiary/aromatic N) is 2. The Morgan fingerprint density at radius 3 is 2.12 bits per heavy atom. The van der Waals surface area contributed by atoms with Gasteiger partial charge in [-0.1, -0.05) is 63.9 Å². The van der Waals surface area contributed by atoms with Crippen LogP contribution in [-0.4, -0.2) is 116 Å². The van der Waals surface area contributed by atoms with Gasteiger partial charge in [-0.2, -0.15) is 0 Å². The van der Waals surface area contributed by atoms with Gasteiger partial charge in [0.25, 0.3) is 0 Å². The van der Waals surface area contributed by atoms with E-state index in [-0.39, 0.29) is 48.4 Å². The van der Waals surface area contributed by atoms with Gasteiger partial charge in [-0.05, 0) is 56.9 Å². The molecule has 13 heteroatoms. The highest BCUT2D eigenvalue weighted by atomic mass is 16.5. The first-order chi connectivity index (χ1) is 24.5. The number of carbonyl (C=O) groups is 5. The van der Waals surface area contributed by atoms with Gasteiger partial charge in [0.05, 0.1) is 49.3 Å². The molecule has 292 valence electrons. The molecule has 0 aromatic heterocycles. The number of likely N-dealkylation sites (tertiary alicyclic amines) is 1. The van der Waals surface area contributed by atoms with E-state index in [4.69, 9.17) is 19.9 Å². The molecule has 13 nitrogen and oxygen atoms in total. The van der Waals surface area contributed by atoms with Crippen LogP contribution in [0.1, 0.15) is 85.1 Å². The van der Waals surface area contributed by atoms with Crippen molar-refractivity contribution in [2.45, 2.75) is 128 Å². The molecule has 1 saturated heterocycles. The molecule has 4 N–H and O–H groups in total. The van der Waals surface area contributed by atoms with Crippen LogP contribution in [-0.2, 0) is 44.6 Å². The Hall–Kier alpha value is -3.55. The molecule has 1 aliphatic carbocycles. The maximum absolute atomic E-state index is 14.2. The predicted molar refractivity (Wildman–Crippen MR) is 198 cm³/mol. The number of likely N-dealkylation sites (N-methyl/N-ethyl adjacent to an activating group) is 1. The molecule has 2 aliphatic rings. The first-order valence-corrected chi connectivity index (χ1v) is 18.7. The van der Waals surface area contributed by atoms with E-state index in [0.717, 1.165) is 37.7 Å². The van der Waals surface area contributed by atoms with Crippen molar-refractivity contribution >= 4 is 29.6 Å². The van der Waals surface area contributed by atoms with Crippen molar-refractivity contribution in [1.82, 2.24) is 20.4 Å². The van der Waals surface area contributed by atoms with Gasteiger partial charge in [-0.25, -0.2) is 4.79 Å². The Morgan fingerprint density at radius 1 is 0.942 bits per heavy atom. The van der Waals surface area contributed by atoms with Crippen LogP contribution in [0.5, 0.6) is 0 Å². The third-order valence-electron chi connectivity index (χ3n) is 10.8. The Kier molecular flexibility index (Phi) is 16.1. The predicted octanol–water partition coefficient (Wildman–Crippen LogP) is 2.83. The number of amides is 4. The molecule has 7 atom stereocenters. The minimum Gasteiger partial charge on any atom is -0.467 e. The monoisotopic (exact) mass is 729 g/mol. The van der Waals surface area contributed by atoms with E-state index in [1.807, 2.05) is 44.2 Å². The van der Waals surface area contributed by atoms with Crippen molar-refractivity contribution in [2.75, 3.05) is 34.9 Å². The van der Waals surface area contributed by atoms with E-state index >= 15 is 0 Å². The number of methoxy groups -OCH3 is 3. The van der Waals surface area contributed by atoms with E-state index < -0.39 is 53.7 Å². The molecule has 0 radical (unpaired) electrons. The average Bonchev–Trinajstić information content (AvgIpc) is 3.82. The second kappa shape index (κ2) is 19.5. The fourth-order valence-corrected chi connectivity index (χ4v) is 7.78. The van der Waals surface area contributed by atoms with E-state index in [9.17, 15) is 24.0 Å². The Balaban J connectivity index is 1.79. The van der Waals surface area contributed by atoms with Crippen LogP contribution < -0.4 is 16.4 Å². The summed E-state index contributed by atoms with van der Waals surface area (Å²) in [4.78, 5) is 70.9. The molecule has 1 saturated carbocycles. The number of ether oxygens (including phenoxy) is 3. The summed E-state index contributed by atoms with van der Waals surface area (Å²) >= 11 is 0. The Labute approximate surface area is 310 Å². The number of nitrogens with two attached hydrogens (primary N) is 1. The van der Waals surface area contributed by atoms with Gasteiger partial charge < -0.3 is 40.4 Å². The fraction of sp³-hybridized carbons (Fsp3) is 0.718. The zero-order valence-corrected chi connectivity index (χ0v) is 32.7. The molecule has 52 heavy (non-hydrogen) atoms. The lowest BCUT2D eigenvalue weighted by Crippen LogP contribution is -2.60. The highest BCUT2D eigenvalue weighted by Gasteiger charge is 2.44. The number of carbonyl (C=O) groups excluding carboxylic acids is 5. The summed E-state index contributed by atoms with van der Waals surface area (Å²) in [5.74, 6) is -2.53. The molecule has 1 aliphatic heterocycles. The smallest absolute Gasteiger partial charge is 0.328 e. The van der Waals surface area contributed by atoms with Gasteiger partial charge in [-0.3, -0.25) is 19.2 Å². The minimum absolute atomic E-state index is 0.0266. The van der Waals surface area contributed by atoms with Gasteiger partial charge in [0.15, 0.2) is 0 Å². The van der Waals surface area contributed by atoms with Crippen molar-refractivity contribution in [2.24, 2.45) is 23.5 Å². The van der Waals surface area contributed by atoms with Crippen molar-refractivity contribution in [3.05, 3.63) is 35.9 Å². The Morgan fingerprint density at radius 2 is 1.58 bits per heavy atom. The van der Waals surface area contributed by atoms with Gasteiger partial charge in [0.2, 0.25) is 23.6 Å². The summed E-state index contributed by atoms with van der Waals surface area (Å²) in [5, 5.41) is 5.72. The molecule has 2 fully saturated rings. The maximum atomic E-state index is 14.2. The van der Waals surface area contributed by atoms with E-state index in [1.54, 1.807) is 44.7 Å². The molecule has 0 spiro atoms. The van der Waals surface area contributed by atoms with Crippen LogP contribution >= 0.6 is 0 Å². The maximum Gasteiger partial charge on any atom is 0.328 e. The van der Waals surface area contributed by atoms with Crippen molar-refractivity contribution in [3.63, 3.8) is 0 Å². The van der Waals surface area contributed by atoms with Crippen LogP contribution in [0, 0.1) is 17.8 Å². The topological polar surface area (TPSA) is 170 Å². The van der Waals surface area contributed by atoms with Crippen LogP contribution in [0.4, 0.5) is 0 Å². The second-order valence-corrected chi connectivity index (χ2v) is 15.4. The molecule has 0 bridgehead atoms. The van der Waals surface area contributed by atoms with Gasteiger partial charge in [0.1, 0.15) is 12.1 Å². The summed E-state index contributed by atoms with van der Waals surface area (Å²) in [6, 6.07) is 6.90. The molecular weight excluding hydrogens is 666 g/mol. The summed E-state index contributed by atoms with van der Waals surface area (Å²) < 4.78 is 17.0. The van der Waals surface area contributed by atoms with Gasteiger partial charge in [0, 0.05) is 34.2 Å². The lowest BCUT2D eigenvalue weighted by molar-refractivity contribution is -0.149. The van der Waals surface area contributed by atoms with Gasteiger partial charge >= 0.3 is 5.97 Å². The third kappa shape index (κ3) is 11.0. The number of rotatable bonds is 18. The highest BCUT2D eigenvalue weighted by molar-refractivity contribution is 5.92. The van der Waals surface area contributed by atoms with E-state index in [1.165, 1.54) is 14.2 Å². The van der Waals surface area contributed by atoms with Crippen molar-refractivity contribution in [3.8, 4) is 0 Å². The quantitative estimate of drug-likeness (QED) is 0.193. The molecule has 1 heterocycles. The van der Waals surface area contributed by atoms with Crippen molar-refractivity contribution in [1.29, 1.82) is 0 Å². The number of esters is 1. The second-order valence-electron chi connectivity index (χ2n) is 15.4. The lowest BCUT2D eigenvalue weighted by Gasteiger charge is -2.41. The zero-order valence-electron chi connectivity index (χ0n) is 32.7. The lowest BCUT2D eigenvalue weighted by atomic mass is 9.88. The normalized spacial score (nSPS) is 20.1. The first kappa shape index (κ1) is 42.9. The van der Waals surface area contributed by atoms with Crippen LogP contribution in [0.25, 0.3) is 0 Å². The Bertz CT molecular complexity index is 1350. The minimum atomic E-state index is -1.16. The number of hydrogen-bond donors (Lipinski definition) is 3. The number of nitrogens with one attached hydrogen (secondary N) is 2. The largest absolute Gasteiger partial charge is 0.467 e. The van der Waals surface area contributed by atoms with Crippen molar-refractivity contribution < 1.29 is 38.2 Å². The molecule has 4 amide bonds. The summed E-state index contributed by atoms with van der Waals surface area (Å²) in [6.07, 6.45) is 4.25. The van der Waals surface area contributed by atoms with Gasteiger partial charge in [-0.15, -0.1) is 0 Å². The van der Waals surface area contributed by atoms with Crippen LogP contribution in [0.15, 0.2) is 30.3 Å². The molecule has 1 aromatic carbocycles. The average molecular weight is 730 g/mol. The van der Waals surface area contributed by atoms with E-state index in [0.29, 0.717) is 13.0 Å². The van der Waals surface area contributed by atoms with Crippen LogP contribution in [0.3, 0.4) is 0 Å². The third-order valence-corrected chi connectivity index (χ3v) is 10.8. The molecule has 1 aromatic rings. The fourth-order valence-electron chi connectivity index (χ4n) is 7.78. The standard InChI is InChI=1S/C39H63N5O8/c1-24(2)32(42-38(49)39(4,5)40)36(47)43(6)33(27-18-13-14-19-27)30(50-7)23-31(45)44-21-15-20-29(44)34(51-8)25(3)35(46)41-28(37(48)52-9)22-26-16-11-10-12-17-26/h10-12,16-17,24-25,27-30,32-34H,13-15,18-23,40H2,1-9H3,(H,41,46)(H,42,49). The summed E-state index contributed by atoms with van der Waals surface area (Å²) in [7, 11) is 6.12.